The van der Waals surface area contributed by atoms with E-state index in [4.69, 9.17) is 21.4 Å². The first-order chi connectivity index (χ1) is 14.9. The number of rotatable bonds is 4. The van der Waals surface area contributed by atoms with Gasteiger partial charge in [-0.2, -0.15) is 0 Å². The summed E-state index contributed by atoms with van der Waals surface area (Å²) in [5, 5.41) is 13.1. The number of likely N-dealkylation sites (N-methyl/N-ethyl adjacent to an activating group) is 1. The van der Waals surface area contributed by atoms with Gasteiger partial charge < -0.3 is 24.6 Å². The van der Waals surface area contributed by atoms with Crippen LogP contribution in [0.5, 0.6) is 5.75 Å². The van der Waals surface area contributed by atoms with Crippen molar-refractivity contribution in [2.75, 3.05) is 25.0 Å². The van der Waals surface area contributed by atoms with E-state index in [1.807, 2.05) is 11.6 Å². The van der Waals surface area contributed by atoms with Crippen LogP contribution in [0.1, 0.15) is 25.8 Å². The highest BCUT2D eigenvalue weighted by atomic mass is 35.5. The van der Waals surface area contributed by atoms with Gasteiger partial charge in [0.25, 0.3) is 0 Å². The van der Waals surface area contributed by atoms with Gasteiger partial charge in [0.05, 0.1) is 17.1 Å². The minimum absolute atomic E-state index is 0.172. The number of anilines is 1. The fourth-order valence-corrected chi connectivity index (χ4v) is 5.52. The molecule has 2 aromatic rings. The van der Waals surface area contributed by atoms with Crippen LogP contribution in [0.4, 0.5) is 10.6 Å². The number of nitrogens with one attached hydrogen (secondary N) is 1. The zero-order valence-electron chi connectivity index (χ0n) is 17.4. The van der Waals surface area contributed by atoms with E-state index in [0.717, 1.165) is 25.9 Å². The summed E-state index contributed by atoms with van der Waals surface area (Å²) in [6.07, 6.45) is 7.87. The Bertz CT molecular complexity index is 1140. The average Bonchev–Trinajstić information content (AvgIpc) is 3.48. The largest absolute Gasteiger partial charge is 0.511 e. The fraction of sp³-hybridized carbons (Fsp3) is 0.500. The zero-order chi connectivity index (χ0) is 21.9. The second-order valence-electron chi connectivity index (χ2n) is 8.78. The molecule has 8 nitrogen and oxygen atoms in total. The number of carbonyl (C=O) groups is 1. The molecule has 0 spiro atoms. The highest BCUT2D eigenvalue weighted by Crippen LogP contribution is 2.43. The van der Waals surface area contributed by atoms with Gasteiger partial charge in [-0.3, -0.25) is 4.79 Å². The van der Waals surface area contributed by atoms with Crippen LogP contribution in [0.15, 0.2) is 29.3 Å². The third-order valence-electron chi connectivity index (χ3n) is 6.90. The number of nitrogens with zero attached hydrogens (tertiary/aromatic N) is 3. The first-order valence-electron chi connectivity index (χ1n) is 10.6. The molecule has 4 atom stereocenters. The minimum atomic E-state index is -1.52. The number of fused-ring (bicyclic) bond motifs is 2. The van der Waals surface area contributed by atoms with Crippen molar-refractivity contribution in [3.8, 4) is 5.75 Å². The van der Waals surface area contributed by atoms with Crippen molar-refractivity contribution >= 4 is 34.5 Å². The predicted molar refractivity (Wildman–Crippen MR) is 118 cm³/mol. The molecule has 2 N–H and O–H groups in total. The van der Waals surface area contributed by atoms with Crippen molar-refractivity contribution in [2.45, 2.75) is 31.8 Å². The standard InChI is InChI=1S/C22H25ClN4O4/c1-11-3-6-16(24-2)15-9-26(8-14(11)15)21-18(23)19-13(7-25-21)20(28)17(31-22(29)30)10-27(19)12-4-5-12/h3,6-7,10-12,14-16,24H,4-5,8-9H2,1-2H3,(H,29,30)/t11-,14-,15-,16+/m0/s1. The Morgan fingerprint density at radius 1 is 1.29 bits per heavy atom. The number of pyridine rings is 2. The summed E-state index contributed by atoms with van der Waals surface area (Å²) in [6, 6.07) is 0.483. The van der Waals surface area contributed by atoms with E-state index >= 15 is 0 Å². The molecule has 2 aromatic heterocycles. The maximum absolute atomic E-state index is 12.8. The topological polar surface area (TPSA) is 96.7 Å². The molecule has 2 aliphatic carbocycles. The molecule has 0 amide bonds. The summed E-state index contributed by atoms with van der Waals surface area (Å²) >= 11 is 6.88. The molecule has 5 rings (SSSR count). The molecule has 164 valence electrons. The minimum Gasteiger partial charge on any atom is -0.449 e. The number of aromatic nitrogens is 2. The van der Waals surface area contributed by atoms with E-state index < -0.39 is 11.6 Å². The third-order valence-corrected chi connectivity index (χ3v) is 7.25. The van der Waals surface area contributed by atoms with Crippen LogP contribution >= 0.6 is 11.6 Å². The number of ether oxygens (including phenoxy) is 1. The van der Waals surface area contributed by atoms with Gasteiger partial charge >= 0.3 is 6.16 Å². The van der Waals surface area contributed by atoms with Crippen LogP contribution in [0.3, 0.4) is 0 Å². The highest BCUT2D eigenvalue weighted by molar-refractivity contribution is 6.37. The lowest BCUT2D eigenvalue weighted by Gasteiger charge is -2.32. The number of hydrogen-bond acceptors (Lipinski definition) is 6. The molecule has 0 unspecified atom stereocenters. The van der Waals surface area contributed by atoms with Crippen LogP contribution in [0, 0.1) is 17.8 Å². The van der Waals surface area contributed by atoms with Crippen molar-refractivity contribution in [3.63, 3.8) is 0 Å². The lowest BCUT2D eigenvalue weighted by Crippen LogP contribution is -2.40. The van der Waals surface area contributed by atoms with E-state index in [2.05, 4.69) is 34.3 Å². The van der Waals surface area contributed by atoms with Crippen molar-refractivity contribution in [2.24, 2.45) is 17.8 Å². The van der Waals surface area contributed by atoms with Crippen molar-refractivity contribution in [1.82, 2.24) is 14.9 Å². The quantitative estimate of drug-likeness (QED) is 0.551. The van der Waals surface area contributed by atoms with Crippen LogP contribution in [-0.2, 0) is 0 Å². The summed E-state index contributed by atoms with van der Waals surface area (Å²) in [7, 11) is 1.98. The van der Waals surface area contributed by atoms with Crippen LogP contribution in [-0.4, -0.2) is 47.0 Å². The molecular weight excluding hydrogens is 420 g/mol. The Balaban J connectivity index is 1.59. The van der Waals surface area contributed by atoms with Gasteiger partial charge in [-0.25, -0.2) is 9.78 Å². The fourth-order valence-electron chi connectivity index (χ4n) is 5.15. The molecule has 9 heteroatoms. The lowest BCUT2D eigenvalue weighted by molar-refractivity contribution is 0.143. The predicted octanol–water partition coefficient (Wildman–Crippen LogP) is 3.29. The number of carboxylic acid groups (broad SMARTS) is 1. The van der Waals surface area contributed by atoms with Gasteiger partial charge in [0.15, 0.2) is 5.75 Å². The molecule has 0 aromatic carbocycles. The maximum atomic E-state index is 12.8. The van der Waals surface area contributed by atoms with Gasteiger partial charge in [0.2, 0.25) is 5.43 Å². The first kappa shape index (κ1) is 20.3. The Morgan fingerprint density at radius 3 is 2.71 bits per heavy atom. The van der Waals surface area contributed by atoms with Crippen molar-refractivity contribution in [1.29, 1.82) is 0 Å². The number of hydrogen-bond donors (Lipinski definition) is 2. The van der Waals surface area contributed by atoms with Gasteiger partial charge in [-0.05, 0) is 31.7 Å². The molecular formula is C22H25ClN4O4. The van der Waals surface area contributed by atoms with E-state index in [0.29, 0.717) is 40.2 Å². The molecule has 1 saturated heterocycles. The summed E-state index contributed by atoms with van der Waals surface area (Å²) in [5.41, 5.74) is 0.0847. The Morgan fingerprint density at radius 2 is 2.03 bits per heavy atom. The van der Waals surface area contributed by atoms with Crippen molar-refractivity contribution < 1.29 is 14.6 Å². The second-order valence-corrected chi connectivity index (χ2v) is 9.16. The van der Waals surface area contributed by atoms with Crippen molar-refractivity contribution in [3.05, 3.63) is 39.8 Å². The third kappa shape index (κ3) is 3.38. The summed E-state index contributed by atoms with van der Waals surface area (Å²) in [5.74, 6) is 1.87. The molecule has 1 saturated carbocycles. The number of halogens is 1. The molecule has 1 aliphatic heterocycles. The average molecular weight is 445 g/mol. The first-order valence-corrected chi connectivity index (χ1v) is 11.0. The molecule has 0 bridgehead atoms. The van der Waals surface area contributed by atoms with E-state index in [1.54, 1.807) is 0 Å². The zero-order valence-corrected chi connectivity index (χ0v) is 18.2. The van der Waals surface area contributed by atoms with Gasteiger partial charge in [-0.15, -0.1) is 0 Å². The van der Waals surface area contributed by atoms with E-state index in [1.165, 1.54) is 12.4 Å². The normalized spacial score (nSPS) is 27.5. The summed E-state index contributed by atoms with van der Waals surface area (Å²) < 4.78 is 6.61. The SMILES string of the molecule is CN[C@@H]1C=C[C@H](C)[C@@H]2CN(c3ncc4c(=O)c(OC(=O)O)cn(C5CC5)c4c3Cl)C[C@@H]21. The summed E-state index contributed by atoms with van der Waals surface area (Å²) in [6.45, 7) is 3.92. The Hall–Kier alpha value is -2.58. The smallest absolute Gasteiger partial charge is 0.449 e. The summed E-state index contributed by atoms with van der Waals surface area (Å²) in [4.78, 5) is 30.6. The Kier molecular flexibility index (Phi) is 4.94. The molecule has 0 radical (unpaired) electrons. The lowest BCUT2D eigenvalue weighted by atomic mass is 9.76. The van der Waals surface area contributed by atoms with E-state index in [-0.39, 0.29) is 17.2 Å². The number of allylic oxidation sites excluding steroid dienone is 1. The Labute approximate surface area is 184 Å². The second kappa shape index (κ2) is 7.53. The molecule has 3 heterocycles. The molecule has 2 fully saturated rings. The van der Waals surface area contributed by atoms with Crippen LogP contribution in [0.2, 0.25) is 5.02 Å². The molecule has 3 aliphatic rings. The van der Waals surface area contributed by atoms with E-state index in [9.17, 15) is 9.59 Å². The van der Waals surface area contributed by atoms with Crippen LogP contribution in [0.25, 0.3) is 10.9 Å². The monoisotopic (exact) mass is 444 g/mol. The maximum Gasteiger partial charge on any atom is 0.511 e. The highest BCUT2D eigenvalue weighted by Gasteiger charge is 2.42. The molecule has 31 heavy (non-hydrogen) atoms. The van der Waals surface area contributed by atoms with Crippen LogP contribution < -0.4 is 20.4 Å². The van der Waals surface area contributed by atoms with Gasteiger partial charge in [0.1, 0.15) is 10.8 Å². The van der Waals surface area contributed by atoms with Gasteiger partial charge in [-0.1, -0.05) is 30.7 Å². The van der Waals surface area contributed by atoms with Gasteiger partial charge in [0, 0.05) is 37.3 Å².